The van der Waals surface area contributed by atoms with Gasteiger partial charge in [0.15, 0.2) is 0 Å². The van der Waals surface area contributed by atoms with Crippen molar-refractivity contribution in [2.75, 3.05) is 6.54 Å². The molecule has 0 spiro atoms. The van der Waals surface area contributed by atoms with Crippen LogP contribution in [0, 0.1) is 11.3 Å². The molecule has 0 bridgehead atoms. The molecular formula is C16H15N3O2. The van der Waals surface area contributed by atoms with Crippen LogP contribution in [-0.2, 0) is 0 Å². The minimum absolute atomic E-state index is 0.253. The van der Waals surface area contributed by atoms with Crippen LogP contribution in [-0.4, -0.2) is 22.5 Å². The number of pyridine rings is 1. The van der Waals surface area contributed by atoms with Crippen LogP contribution in [0.4, 0.5) is 0 Å². The van der Waals surface area contributed by atoms with E-state index in [2.05, 4.69) is 10.3 Å². The molecular weight excluding hydrogens is 266 g/mol. The van der Waals surface area contributed by atoms with E-state index in [0.717, 1.165) is 5.56 Å². The van der Waals surface area contributed by atoms with Crippen molar-refractivity contribution in [3.05, 3.63) is 65.5 Å². The van der Waals surface area contributed by atoms with E-state index < -0.39 is 6.10 Å². The molecule has 1 aromatic carbocycles. The van der Waals surface area contributed by atoms with Crippen molar-refractivity contribution in [2.45, 2.75) is 12.5 Å². The topological polar surface area (TPSA) is 86.0 Å². The van der Waals surface area contributed by atoms with Gasteiger partial charge in [0.2, 0.25) is 0 Å². The van der Waals surface area contributed by atoms with E-state index in [1.165, 1.54) is 12.3 Å². The number of hydrogen-bond acceptors (Lipinski definition) is 4. The first kappa shape index (κ1) is 14.7. The van der Waals surface area contributed by atoms with Gasteiger partial charge in [0.05, 0.1) is 11.7 Å². The average molecular weight is 281 g/mol. The van der Waals surface area contributed by atoms with Gasteiger partial charge in [-0.25, -0.2) is 4.98 Å². The maximum Gasteiger partial charge on any atom is 0.269 e. The molecule has 0 fully saturated rings. The lowest BCUT2D eigenvalue weighted by molar-refractivity contribution is 0.0937. The maximum atomic E-state index is 11.8. The van der Waals surface area contributed by atoms with Gasteiger partial charge >= 0.3 is 0 Å². The molecule has 21 heavy (non-hydrogen) atoms. The quantitative estimate of drug-likeness (QED) is 0.875. The Morgan fingerprint density at radius 2 is 2.05 bits per heavy atom. The summed E-state index contributed by atoms with van der Waals surface area (Å²) in [7, 11) is 0. The molecule has 0 aliphatic carbocycles. The van der Waals surface area contributed by atoms with Gasteiger partial charge in [-0.15, -0.1) is 0 Å². The second-order valence-electron chi connectivity index (χ2n) is 4.51. The van der Waals surface area contributed by atoms with E-state index in [9.17, 15) is 9.90 Å². The van der Waals surface area contributed by atoms with Gasteiger partial charge < -0.3 is 10.4 Å². The summed E-state index contributed by atoms with van der Waals surface area (Å²) in [6, 6.07) is 14.3. The number of rotatable bonds is 5. The molecule has 5 nitrogen and oxygen atoms in total. The van der Waals surface area contributed by atoms with Gasteiger partial charge in [-0.05, 0) is 24.1 Å². The molecule has 0 saturated heterocycles. The van der Waals surface area contributed by atoms with Gasteiger partial charge in [0, 0.05) is 12.7 Å². The Bertz CT molecular complexity index is 633. The molecule has 0 aliphatic heterocycles. The van der Waals surface area contributed by atoms with E-state index in [1.807, 2.05) is 36.4 Å². The highest BCUT2D eigenvalue weighted by Crippen LogP contribution is 2.14. The number of hydrogen-bond donors (Lipinski definition) is 2. The predicted octanol–water partition coefficient (Wildman–Crippen LogP) is 1.81. The molecule has 1 heterocycles. The third-order valence-electron chi connectivity index (χ3n) is 3.01. The SMILES string of the molecule is N#Cc1ccc(C(=O)NCCC(O)c2ccccc2)nc1. The molecule has 106 valence electrons. The first-order valence-electron chi connectivity index (χ1n) is 6.58. The third-order valence-corrected chi connectivity index (χ3v) is 3.01. The summed E-state index contributed by atoms with van der Waals surface area (Å²) in [5, 5.41) is 21.3. The van der Waals surface area contributed by atoms with Crippen molar-refractivity contribution in [3.63, 3.8) is 0 Å². The van der Waals surface area contributed by atoms with Crippen LogP contribution in [0.2, 0.25) is 0 Å². The summed E-state index contributed by atoms with van der Waals surface area (Å²) in [4.78, 5) is 15.7. The molecule has 0 radical (unpaired) electrons. The molecule has 2 N–H and O–H groups in total. The zero-order valence-corrected chi connectivity index (χ0v) is 11.4. The zero-order chi connectivity index (χ0) is 15.1. The van der Waals surface area contributed by atoms with Gasteiger partial charge in [-0.1, -0.05) is 30.3 Å². The maximum absolute atomic E-state index is 11.8. The van der Waals surface area contributed by atoms with Crippen LogP contribution in [0.3, 0.4) is 0 Å². The van der Waals surface area contributed by atoms with Gasteiger partial charge in [-0.2, -0.15) is 5.26 Å². The molecule has 1 atom stereocenters. The summed E-state index contributed by atoms with van der Waals surface area (Å²) < 4.78 is 0. The fraction of sp³-hybridized carbons (Fsp3) is 0.188. The van der Waals surface area contributed by atoms with E-state index in [1.54, 1.807) is 6.07 Å². The standard InChI is InChI=1S/C16H15N3O2/c17-10-12-6-7-14(19-11-12)16(21)18-9-8-15(20)13-4-2-1-3-5-13/h1-7,11,15,20H,8-9H2,(H,18,21). The van der Waals surface area contributed by atoms with Crippen LogP contribution in [0.15, 0.2) is 48.7 Å². The van der Waals surface area contributed by atoms with Crippen LogP contribution in [0.5, 0.6) is 0 Å². The summed E-state index contributed by atoms with van der Waals surface area (Å²) in [5.74, 6) is -0.320. The fourth-order valence-corrected chi connectivity index (χ4v) is 1.85. The number of aliphatic hydroxyl groups excluding tert-OH is 1. The van der Waals surface area contributed by atoms with Gasteiger partial charge in [-0.3, -0.25) is 4.79 Å². The van der Waals surface area contributed by atoms with E-state index in [0.29, 0.717) is 18.5 Å². The van der Waals surface area contributed by atoms with Crippen molar-refractivity contribution >= 4 is 5.91 Å². The highest BCUT2D eigenvalue weighted by atomic mass is 16.3. The van der Waals surface area contributed by atoms with E-state index >= 15 is 0 Å². The third kappa shape index (κ3) is 4.13. The summed E-state index contributed by atoms with van der Waals surface area (Å²) >= 11 is 0. The van der Waals surface area contributed by atoms with Crippen LogP contribution < -0.4 is 5.32 Å². The van der Waals surface area contributed by atoms with Crippen LogP contribution in [0.1, 0.15) is 34.1 Å². The number of nitrogens with one attached hydrogen (secondary N) is 1. The normalized spacial score (nSPS) is 11.4. The molecule has 1 unspecified atom stereocenters. The molecule has 2 rings (SSSR count). The van der Waals surface area contributed by atoms with Crippen molar-refractivity contribution in [1.82, 2.24) is 10.3 Å². The highest BCUT2D eigenvalue weighted by Gasteiger charge is 2.09. The average Bonchev–Trinajstić information content (AvgIpc) is 2.55. The Hall–Kier alpha value is -2.71. The first-order valence-corrected chi connectivity index (χ1v) is 6.58. The molecule has 0 saturated carbocycles. The number of carbonyl (C=O) groups is 1. The largest absolute Gasteiger partial charge is 0.388 e. The molecule has 5 heteroatoms. The van der Waals surface area contributed by atoms with Crippen molar-refractivity contribution < 1.29 is 9.90 Å². The molecule has 0 aliphatic rings. The number of carbonyl (C=O) groups excluding carboxylic acids is 1. The van der Waals surface area contributed by atoms with Crippen molar-refractivity contribution in [3.8, 4) is 6.07 Å². The van der Waals surface area contributed by atoms with E-state index in [-0.39, 0.29) is 11.6 Å². The number of aromatic nitrogens is 1. The lowest BCUT2D eigenvalue weighted by Gasteiger charge is -2.11. The Morgan fingerprint density at radius 3 is 2.67 bits per heavy atom. The fourth-order valence-electron chi connectivity index (χ4n) is 1.85. The van der Waals surface area contributed by atoms with Crippen molar-refractivity contribution in [2.24, 2.45) is 0 Å². The summed E-state index contributed by atoms with van der Waals surface area (Å²) in [6.45, 7) is 0.344. The highest BCUT2D eigenvalue weighted by molar-refractivity contribution is 5.92. The number of nitrogens with zero attached hydrogens (tertiary/aromatic N) is 2. The van der Waals surface area contributed by atoms with Crippen molar-refractivity contribution in [1.29, 1.82) is 5.26 Å². The van der Waals surface area contributed by atoms with Gasteiger partial charge in [0.1, 0.15) is 11.8 Å². The number of nitriles is 1. The Morgan fingerprint density at radius 1 is 1.29 bits per heavy atom. The minimum Gasteiger partial charge on any atom is -0.388 e. The summed E-state index contributed by atoms with van der Waals surface area (Å²) in [6.07, 6.45) is 1.17. The smallest absolute Gasteiger partial charge is 0.269 e. The van der Waals surface area contributed by atoms with Gasteiger partial charge in [0.25, 0.3) is 5.91 Å². The molecule has 1 amide bonds. The summed E-state index contributed by atoms with van der Waals surface area (Å²) in [5.41, 5.74) is 1.48. The molecule has 2 aromatic rings. The Kier molecular flexibility index (Phi) is 5.02. The number of amides is 1. The first-order chi connectivity index (χ1) is 10.2. The zero-order valence-electron chi connectivity index (χ0n) is 11.4. The lowest BCUT2D eigenvalue weighted by Crippen LogP contribution is -2.26. The second kappa shape index (κ2) is 7.17. The Balaban J connectivity index is 1.83. The second-order valence-corrected chi connectivity index (χ2v) is 4.51. The Labute approximate surface area is 122 Å². The molecule has 1 aromatic heterocycles. The van der Waals surface area contributed by atoms with E-state index in [4.69, 9.17) is 5.26 Å². The lowest BCUT2D eigenvalue weighted by atomic mass is 10.1. The van der Waals surface area contributed by atoms with Crippen LogP contribution in [0.25, 0.3) is 0 Å². The number of benzene rings is 1. The predicted molar refractivity (Wildman–Crippen MR) is 77.3 cm³/mol. The van der Waals surface area contributed by atoms with Crippen LogP contribution >= 0.6 is 0 Å². The monoisotopic (exact) mass is 281 g/mol. The number of aliphatic hydroxyl groups is 1. The minimum atomic E-state index is -0.611.